The normalized spacial score (nSPS) is 13.2. The lowest BCUT2D eigenvalue weighted by atomic mass is 9.90. The lowest BCUT2D eigenvalue weighted by Crippen LogP contribution is -2.28. The topological polar surface area (TPSA) is 40.5 Å². The van der Waals surface area contributed by atoms with E-state index < -0.39 is 12.2 Å². The highest BCUT2D eigenvalue weighted by molar-refractivity contribution is 5.87. The Balaban J connectivity index is 2.11. The fourth-order valence-electron chi connectivity index (χ4n) is 2.48. The molecule has 0 spiro atoms. The Bertz CT molecular complexity index is 838. The van der Waals surface area contributed by atoms with Crippen molar-refractivity contribution in [2.75, 3.05) is 6.61 Å². The van der Waals surface area contributed by atoms with Gasteiger partial charge in [-0.15, -0.1) is 0 Å². The Hall–Kier alpha value is -2.60. The minimum absolute atomic E-state index is 0.457. The summed E-state index contributed by atoms with van der Waals surface area (Å²) in [5.41, 5.74) is -0.164. The summed E-state index contributed by atoms with van der Waals surface area (Å²) < 4.78 is 0. The van der Waals surface area contributed by atoms with E-state index in [-0.39, 0.29) is 0 Å². The zero-order chi connectivity index (χ0) is 15.4. The first-order chi connectivity index (χ1) is 10.7. The molecule has 2 N–H and O–H groups in total. The highest BCUT2D eigenvalue weighted by Gasteiger charge is 2.27. The van der Waals surface area contributed by atoms with Gasteiger partial charge in [0.1, 0.15) is 0 Å². The maximum atomic E-state index is 10.8. The monoisotopic (exact) mass is 288 g/mol. The molecule has 2 nitrogen and oxygen atoms in total. The zero-order valence-corrected chi connectivity index (χ0v) is 12.0. The highest BCUT2D eigenvalue weighted by atomic mass is 16.3. The molecule has 0 radical (unpaired) electrons. The van der Waals surface area contributed by atoms with Crippen LogP contribution in [0.2, 0.25) is 0 Å². The van der Waals surface area contributed by atoms with Gasteiger partial charge in [0.2, 0.25) is 0 Å². The second-order valence-electron chi connectivity index (χ2n) is 5.16. The number of benzene rings is 3. The van der Waals surface area contributed by atoms with E-state index in [2.05, 4.69) is 11.8 Å². The summed E-state index contributed by atoms with van der Waals surface area (Å²) in [6.07, 6.45) is 0. The summed E-state index contributed by atoms with van der Waals surface area (Å²) in [5.74, 6) is 5.77. The Morgan fingerprint density at radius 1 is 0.818 bits per heavy atom. The van der Waals surface area contributed by atoms with Gasteiger partial charge < -0.3 is 10.2 Å². The Kier molecular flexibility index (Phi) is 3.93. The first kappa shape index (κ1) is 14.3. The molecule has 3 aromatic carbocycles. The molecule has 0 amide bonds. The Labute approximate surface area is 129 Å². The second kappa shape index (κ2) is 6.03. The van der Waals surface area contributed by atoms with Gasteiger partial charge in [-0.1, -0.05) is 72.5 Å². The SMILES string of the molecule is OCC(O)(C#Cc1ccccc1)c1cccc2ccccc12. The lowest BCUT2D eigenvalue weighted by Gasteiger charge is -2.22. The molecule has 3 rings (SSSR count). The van der Waals surface area contributed by atoms with Crippen LogP contribution in [0.4, 0.5) is 0 Å². The third-order valence-corrected chi connectivity index (χ3v) is 3.65. The first-order valence-electron chi connectivity index (χ1n) is 7.13. The average molecular weight is 288 g/mol. The molecule has 2 heteroatoms. The Morgan fingerprint density at radius 2 is 1.50 bits per heavy atom. The molecule has 0 heterocycles. The van der Waals surface area contributed by atoms with E-state index in [1.54, 1.807) is 6.07 Å². The summed E-state index contributed by atoms with van der Waals surface area (Å²) in [6, 6.07) is 22.8. The molecular weight excluding hydrogens is 272 g/mol. The third-order valence-electron chi connectivity index (χ3n) is 3.65. The van der Waals surface area contributed by atoms with Gasteiger partial charge in [0.05, 0.1) is 6.61 Å². The molecule has 0 bridgehead atoms. The van der Waals surface area contributed by atoms with Crippen LogP contribution in [0.25, 0.3) is 10.8 Å². The van der Waals surface area contributed by atoms with E-state index in [1.165, 1.54) is 0 Å². The van der Waals surface area contributed by atoms with Crippen LogP contribution in [0, 0.1) is 11.8 Å². The maximum Gasteiger partial charge on any atom is 0.175 e. The van der Waals surface area contributed by atoms with Crippen molar-refractivity contribution in [2.45, 2.75) is 5.60 Å². The fraction of sp³-hybridized carbons (Fsp3) is 0.100. The quantitative estimate of drug-likeness (QED) is 0.711. The summed E-state index contributed by atoms with van der Waals surface area (Å²) in [5, 5.41) is 22.5. The van der Waals surface area contributed by atoms with Crippen LogP contribution in [0.3, 0.4) is 0 Å². The molecule has 22 heavy (non-hydrogen) atoms. The standard InChI is InChI=1S/C20H16O2/c21-15-20(22,14-13-16-7-2-1-3-8-16)19-12-6-10-17-9-4-5-11-18(17)19/h1-12,21-22H,15H2. The number of fused-ring (bicyclic) bond motifs is 1. The molecule has 0 aromatic heterocycles. The van der Waals surface area contributed by atoms with Crippen molar-refractivity contribution < 1.29 is 10.2 Å². The molecule has 108 valence electrons. The zero-order valence-electron chi connectivity index (χ0n) is 12.0. The van der Waals surface area contributed by atoms with E-state index >= 15 is 0 Å². The van der Waals surface area contributed by atoms with Crippen molar-refractivity contribution in [3.8, 4) is 11.8 Å². The van der Waals surface area contributed by atoms with Crippen LogP contribution in [-0.2, 0) is 5.60 Å². The number of aliphatic hydroxyl groups excluding tert-OH is 1. The van der Waals surface area contributed by atoms with Gasteiger partial charge in [0.15, 0.2) is 5.60 Å². The van der Waals surface area contributed by atoms with Crippen LogP contribution < -0.4 is 0 Å². The molecule has 1 unspecified atom stereocenters. The van der Waals surface area contributed by atoms with Gasteiger partial charge in [0.25, 0.3) is 0 Å². The van der Waals surface area contributed by atoms with E-state index in [1.807, 2.05) is 66.7 Å². The van der Waals surface area contributed by atoms with Crippen LogP contribution in [0.15, 0.2) is 72.8 Å². The summed E-state index contributed by atoms with van der Waals surface area (Å²) in [7, 11) is 0. The van der Waals surface area contributed by atoms with Crippen LogP contribution in [0.1, 0.15) is 11.1 Å². The second-order valence-corrected chi connectivity index (χ2v) is 5.16. The minimum atomic E-state index is -1.59. The minimum Gasteiger partial charge on any atom is -0.392 e. The van der Waals surface area contributed by atoms with E-state index in [9.17, 15) is 10.2 Å². The summed E-state index contributed by atoms with van der Waals surface area (Å²) in [6.45, 7) is -0.457. The van der Waals surface area contributed by atoms with Gasteiger partial charge in [-0.3, -0.25) is 0 Å². The lowest BCUT2D eigenvalue weighted by molar-refractivity contribution is 0.0341. The highest BCUT2D eigenvalue weighted by Crippen LogP contribution is 2.28. The van der Waals surface area contributed by atoms with Crippen LogP contribution >= 0.6 is 0 Å². The summed E-state index contributed by atoms with van der Waals surface area (Å²) in [4.78, 5) is 0. The fourth-order valence-corrected chi connectivity index (χ4v) is 2.48. The van der Waals surface area contributed by atoms with Crippen molar-refractivity contribution in [2.24, 2.45) is 0 Å². The summed E-state index contributed by atoms with van der Waals surface area (Å²) >= 11 is 0. The number of hydrogen-bond acceptors (Lipinski definition) is 2. The van der Waals surface area contributed by atoms with Crippen molar-refractivity contribution in [3.05, 3.63) is 83.9 Å². The number of hydrogen-bond donors (Lipinski definition) is 2. The van der Waals surface area contributed by atoms with Gasteiger partial charge in [-0.05, 0) is 22.9 Å². The van der Waals surface area contributed by atoms with Crippen LogP contribution in [-0.4, -0.2) is 16.8 Å². The molecule has 0 saturated heterocycles. The smallest absolute Gasteiger partial charge is 0.175 e. The van der Waals surface area contributed by atoms with E-state index in [4.69, 9.17) is 0 Å². The van der Waals surface area contributed by atoms with Gasteiger partial charge >= 0.3 is 0 Å². The largest absolute Gasteiger partial charge is 0.392 e. The van der Waals surface area contributed by atoms with E-state index in [0.717, 1.165) is 16.3 Å². The van der Waals surface area contributed by atoms with Crippen molar-refractivity contribution in [1.29, 1.82) is 0 Å². The van der Waals surface area contributed by atoms with Gasteiger partial charge in [-0.2, -0.15) is 0 Å². The Morgan fingerprint density at radius 3 is 2.27 bits per heavy atom. The van der Waals surface area contributed by atoms with Crippen LogP contribution in [0.5, 0.6) is 0 Å². The number of rotatable bonds is 2. The molecule has 0 aliphatic carbocycles. The molecule has 0 aliphatic heterocycles. The molecule has 3 aromatic rings. The predicted octanol–water partition coefficient (Wildman–Crippen LogP) is 3.07. The van der Waals surface area contributed by atoms with Gasteiger partial charge in [0, 0.05) is 11.1 Å². The molecule has 0 aliphatic rings. The predicted molar refractivity (Wildman–Crippen MR) is 88.3 cm³/mol. The van der Waals surface area contributed by atoms with E-state index in [0.29, 0.717) is 5.56 Å². The first-order valence-corrected chi connectivity index (χ1v) is 7.13. The molecule has 0 fully saturated rings. The molecule has 1 atom stereocenters. The third kappa shape index (κ3) is 2.73. The number of aliphatic hydroxyl groups is 2. The molecule has 0 saturated carbocycles. The van der Waals surface area contributed by atoms with Crippen molar-refractivity contribution >= 4 is 10.8 Å². The maximum absolute atomic E-state index is 10.8. The molecular formula is C20H16O2. The van der Waals surface area contributed by atoms with Crippen molar-refractivity contribution in [1.82, 2.24) is 0 Å². The van der Waals surface area contributed by atoms with Gasteiger partial charge in [-0.25, -0.2) is 0 Å². The average Bonchev–Trinajstić information content (AvgIpc) is 2.60. The van der Waals surface area contributed by atoms with Crippen molar-refractivity contribution in [3.63, 3.8) is 0 Å².